The summed E-state index contributed by atoms with van der Waals surface area (Å²) in [6, 6.07) is 8.07. The molecule has 0 bridgehead atoms. The maximum Gasteiger partial charge on any atom is 0.233 e. The minimum atomic E-state index is 0.114. The highest BCUT2D eigenvalue weighted by Crippen LogP contribution is 2.30. The Kier molecular flexibility index (Phi) is 7.47. The van der Waals surface area contributed by atoms with Crippen LogP contribution < -0.4 is 4.74 Å². The smallest absolute Gasteiger partial charge is 0.233 e. The second kappa shape index (κ2) is 10.5. The van der Waals surface area contributed by atoms with Crippen LogP contribution in [0.15, 0.2) is 29.4 Å². The zero-order valence-corrected chi connectivity index (χ0v) is 19.1. The fraction of sp³-hybridized carbons (Fsp3) is 0.591. The van der Waals surface area contributed by atoms with Crippen molar-refractivity contribution in [2.75, 3.05) is 52.3 Å². The summed E-state index contributed by atoms with van der Waals surface area (Å²) in [4.78, 5) is 17.0. The third-order valence-electron chi connectivity index (χ3n) is 5.99. The molecule has 2 saturated heterocycles. The molecule has 2 aliphatic heterocycles. The van der Waals surface area contributed by atoms with Crippen molar-refractivity contribution < 1.29 is 14.3 Å². The van der Waals surface area contributed by atoms with Gasteiger partial charge in [-0.05, 0) is 57.1 Å². The van der Waals surface area contributed by atoms with E-state index >= 15 is 0 Å². The number of piperidine rings is 1. The number of benzene rings is 1. The Morgan fingerprint density at radius 2 is 1.81 bits per heavy atom. The van der Waals surface area contributed by atoms with Crippen LogP contribution in [0, 0.1) is 0 Å². The van der Waals surface area contributed by atoms with Crippen LogP contribution in [-0.2, 0) is 9.53 Å². The molecule has 2 aromatic rings. The number of morpholine rings is 1. The summed E-state index contributed by atoms with van der Waals surface area (Å²) in [5, 5.41) is 9.81. The van der Waals surface area contributed by atoms with Gasteiger partial charge in [0.05, 0.1) is 32.1 Å². The van der Waals surface area contributed by atoms with Crippen LogP contribution in [0.3, 0.4) is 0 Å². The molecule has 2 fully saturated rings. The molecule has 0 aliphatic carbocycles. The highest BCUT2D eigenvalue weighted by atomic mass is 32.2. The van der Waals surface area contributed by atoms with Crippen molar-refractivity contribution in [1.29, 1.82) is 0 Å². The molecule has 2 aliphatic rings. The fourth-order valence-electron chi connectivity index (χ4n) is 4.12. The van der Waals surface area contributed by atoms with E-state index in [0.29, 0.717) is 32.1 Å². The van der Waals surface area contributed by atoms with Crippen molar-refractivity contribution in [3.05, 3.63) is 30.1 Å². The third-order valence-corrected chi connectivity index (χ3v) is 6.90. The SMILES string of the molecule is COc1ccc(-n2c(SCC(=O)N3CCOCC3)nnc2C(C)N2CCCCC2)cc1. The zero-order chi connectivity index (χ0) is 21.6. The normalized spacial score (nSPS) is 18.7. The first-order chi connectivity index (χ1) is 15.2. The second-order valence-corrected chi connectivity index (χ2v) is 8.87. The second-order valence-electron chi connectivity index (χ2n) is 7.93. The maximum absolute atomic E-state index is 12.7. The van der Waals surface area contributed by atoms with Crippen molar-refractivity contribution >= 4 is 17.7 Å². The van der Waals surface area contributed by atoms with E-state index in [1.54, 1.807) is 7.11 Å². The van der Waals surface area contributed by atoms with Gasteiger partial charge in [0, 0.05) is 18.8 Å². The minimum absolute atomic E-state index is 0.114. The molecule has 4 rings (SSSR count). The van der Waals surface area contributed by atoms with Crippen LogP contribution in [0.1, 0.15) is 38.1 Å². The number of carbonyl (C=O) groups is 1. The lowest BCUT2D eigenvalue weighted by molar-refractivity contribution is -0.132. The first-order valence-electron chi connectivity index (χ1n) is 11.0. The van der Waals surface area contributed by atoms with Crippen LogP contribution in [0.5, 0.6) is 5.75 Å². The standard InChI is InChI=1S/C22H31N5O3S/c1-17(25-10-4-3-5-11-25)21-23-24-22(27(21)18-6-8-19(29-2)9-7-18)31-16-20(28)26-12-14-30-15-13-26/h6-9,17H,3-5,10-16H2,1-2H3. The Morgan fingerprint density at radius 3 is 2.48 bits per heavy atom. The monoisotopic (exact) mass is 445 g/mol. The average molecular weight is 446 g/mol. The number of amides is 1. The van der Waals surface area contributed by atoms with E-state index in [1.807, 2.05) is 29.2 Å². The molecule has 0 saturated carbocycles. The third kappa shape index (κ3) is 5.22. The molecular formula is C22H31N5O3S. The molecule has 31 heavy (non-hydrogen) atoms. The molecule has 1 amide bonds. The number of likely N-dealkylation sites (tertiary alicyclic amines) is 1. The molecule has 0 spiro atoms. The van der Waals surface area contributed by atoms with Gasteiger partial charge < -0.3 is 14.4 Å². The molecule has 168 valence electrons. The maximum atomic E-state index is 12.7. The Balaban J connectivity index is 1.57. The molecule has 1 unspecified atom stereocenters. The molecule has 8 nitrogen and oxygen atoms in total. The van der Waals surface area contributed by atoms with Gasteiger partial charge in [-0.1, -0.05) is 18.2 Å². The minimum Gasteiger partial charge on any atom is -0.497 e. The molecule has 1 aromatic heterocycles. The van der Waals surface area contributed by atoms with Crippen molar-refractivity contribution in [3.63, 3.8) is 0 Å². The summed E-state index contributed by atoms with van der Waals surface area (Å²) in [6.07, 6.45) is 3.73. The Labute approximate surface area is 187 Å². The highest BCUT2D eigenvalue weighted by Gasteiger charge is 2.26. The van der Waals surface area contributed by atoms with E-state index in [1.165, 1.54) is 31.0 Å². The Morgan fingerprint density at radius 1 is 1.10 bits per heavy atom. The van der Waals surface area contributed by atoms with Gasteiger partial charge in [-0.3, -0.25) is 14.3 Å². The number of rotatable bonds is 7. The van der Waals surface area contributed by atoms with E-state index < -0.39 is 0 Å². The number of ether oxygens (including phenoxy) is 2. The van der Waals surface area contributed by atoms with Crippen molar-refractivity contribution in [1.82, 2.24) is 24.6 Å². The van der Waals surface area contributed by atoms with E-state index in [2.05, 4.69) is 26.6 Å². The summed E-state index contributed by atoms with van der Waals surface area (Å²) in [5.41, 5.74) is 0.978. The molecular weight excluding hydrogens is 414 g/mol. The highest BCUT2D eigenvalue weighted by molar-refractivity contribution is 7.99. The van der Waals surface area contributed by atoms with Crippen molar-refractivity contribution in [2.45, 2.75) is 37.4 Å². The topological polar surface area (TPSA) is 72.7 Å². The molecule has 9 heteroatoms. The number of nitrogens with zero attached hydrogens (tertiary/aromatic N) is 5. The van der Waals surface area contributed by atoms with Crippen LogP contribution in [-0.4, -0.2) is 82.7 Å². The number of carbonyl (C=O) groups excluding carboxylic acids is 1. The lowest BCUT2D eigenvalue weighted by Crippen LogP contribution is -2.41. The first kappa shape index (κ1) is 22.1. The fourth-order valence-corrected chi connectivity index (χ4v) is 4.98. The largest absolute Gasteiger partial charge is 0.497 e. The van der Waals surface area contributed by atoms with Crippen LogP contribution in [0.2, 0.25) is 0 Å². The molecule has 0 N–H and O–H groups in total. The summed E-state index contributed by atoms with van der Waals surface area (Å²) in [5.74, 6) is 2.17. The summed E-state index contributed by atoms with van der Waals surface area (Å²) in [7, 11) is 1.66. The molecule has 1 atom stereocenters. The van der Waals surface area contributed by atoms with E-state index in [4.69, 9.17) is 9.47 Å². The van der Waals surface area contributed by atoms with Gasteiger partial charge in [0.25, 0.3) is 0 Å². The van der Waals surface area contributed by atoms with E-state index in [9.17, 15) is 4.79 Å². The van der Waals surface area contributed by atoms with Crippen LogP contribution in [0.4, 0.5) is 0 Å². The van der Waals surface area contributed by atoms with Gasteiger partial charge in [0.2, 0.25) is 5.91 Å². The van der Waals surface area contributed by atoms with E-state index in [0.717, 1.165) is 35.5 Å². The first-order valence-corrected chi connectivity index (χ1v) is 12.0. The summed E-state index contributed by atoms with van der Waals surface area (Å²) in [6.45, 7) is 6.88. The predicted octanol–water partition coefficient (Wildman–Crippen LogP) is 2.77. The average Bonchev–Trinajstić information content (AvgIpc) is 3.27. The van der Waals surface area contributed by atoms with Gasteiger partial charge in [-0.2, -0.15) is 0 Å². The van der Waals surface area contributed by atoms with Crippen LogP contribution in [0.25, 0.3) is 5.69 Å². The van der Waals surface area contributed by atoms with E-state index in [-0.39, 0.29) is 11.9 Å². The number of hydrogen-bond donors (Lipinski definition) is 0. The molecule has 3 heterocycles. The lowest BCUT2D eigenvalue weighted by Gasteiger charge is -2.32. The van der Waals surface area contributed by atoms with Crippen molar-refractivity contribution in [2.24, 2.45) is 0 Å². The number of aromatic nitrogens is 3. The molecule has 1 aromatic carbocycles. The number of thioether (sulfide) groups is 1. The molecule has 0 radical (unpaired) electrons. The lowest BCUT2D eigenvalue weighted by atomic mass is 10.1. The van der Waals surface area contributed by atoms with Gasteiger partial charge in [-0.15, -0.1) is 10.2 Å². The number of hydrogen-bond acceptors (Lipinski definition) is 7. The van der Waals surface area contributed by atoms with Gasteiger partial charge in [0.1, 0.15) is 5.75 Å². The van der Waals surface area contributed by atoms with Crippen LogP contribution >= 0.6 is 11.8 Å². The number of methoxy groups -OCH3 is 1. The summed E-state index contributed by atoms with van der Waals surface area (Å²) >= 11 is 1.45. The van der Waals surface area contributed by atoms with Gasteiger partial charge >= 0.3 is 0 Å². The van der Waals surface area contributed by atoms with Crippen molar-refractivity contribution in [3.8, 4) is 11.4 Å². The summed E-state index contributed by atoms with van der Waals surface area (Å²) < 4.78 is 12.8. The Bertz CT molecular complexity index is 861. The predicted molar refractivity (Wildman–Crippen MR) is 120 cm³/mol. The van der Waals surface area contributed by atoms with Gasteiger partial charge in [-0.25, -0.2) is 0 Å². The quantitative estimate of drug-likeness (QED) is 0.607. The zero-order valence-electron chi connectivity index (χ0n) is 18.3. The van der Waals surface area contributed by atoms with Gasteiger partial charge in [0.15, 0.2) is 11.0 Å². The Hall–Kier alpha value is -2.10.